The number of carbonyl (C=O) groups is 1. The molecule has 0 aromatic rings. The van der Waals surface area contributed by atoms with Crippen LogP contribution < -0.4 is 0 Å². The van der Waals surface area contributed by atoms with Crippen molar-refractivity contribution >= 4 is 11.9 Å². The van der Waals surface area contributed by atoms with E-state index in [-0.39, 0.29) is 12.5 Å². The van der Waals surface area contributed by atoms with E-state index >= 15 is 0 Å². The van der Waals surface area contributed by atoms with Gasteiger partial charge in [-0.3, -0.25) is 4.84 Å². The number of carbonyl (C=O) groups excluding carboxylic acids is 2. The van der Waals surface area contributed by atoms with Crippen molar-refractivity contribution < 1.29 is 29.0 Å². The molecular formula is C9H13NO6. The molecule has 0 aromatic carbocycles. The molecular weight excluding hydrogens is 218 g/mol. The summed E-state index contributed by atoms with van der Waals surface area (Å²) in [6.45, 7) is -0.852. The monoisotopic (exact) mass is 231 g/mol. The van der Waals surface area contributed by atoms with E-state index in [1.807, 2.05) is 0 Å². The third-order valence-corrected chi connectivity index (χ3v) is 2.17. The smallest absolute Gasteiger partial charge is 0.333 e. The zero-order valence-electron chi connectivity index (χ0n) is 8.84. The molecule has 7 heteroatoms. The van der Waals surface area contributed by atoms with Gasteiger partial charge in [0, 0.05) is 6.42 Å². The number of hydrogen-bond donors (Lipinski definition) is 1. The summed E-state index contributed by atoms with van der Waals surface area (Å²) in [4.78, 5) is 26.9. The van der Waals surface area contributed by atoms with E-state index in [4.69, 9.17) is 14.7 Å². The first-order valence-electron chi connectivity index (χ1n) is 4.67. The molecule has 0 saturated carbocycles. The summed E-state index contributed by atoms with van der Waals surface area (Å²) in [6.07, 6.45) is 0.842. The molecule has 1 heterocycles. The minimum Gasteiger partial charge on any atom is -0.437 e. The fourth-order valence-electron chi connectivity index (χ4n) is 1.47. The minimum absolute atomic E-state index is 0.285. The van der Waals surface area contributed by atoms with Gasteiger partial charge in [0.1, 0.15) is 18.4 Å². The van der Waals surface area contributed by atoms with E-state index in [0.717, 1.165) is 0 Å². The van der Waals surface area contributed by atoms with Crippen LogP contribution in [0.1, 0.15) is 12.8 Å². The van der Waals surface area contributed by atoms with Crippen LogP contribution in [0.15, 0.2) is 5.70 Å². The molecule has 1 N–H and O–H groups in total. The van der Waals surface area contributed by atoms with E-state index in [1.165, 1.54) is 12.2 Å². The summed E-state index contributed by atoms with van der Waals surface area (Å²) in [5.74, 6) is 1.14. The molecule has 0 aliphatic carbocycles. The van der Waals surface area contributed by atoms with Crippen molar-refractivity contribution in [2.24, 2.45) is 0 Å². The molecule has 1 aliphatic rings. The van der Waals surface area contributed by atoms with E-state index in [0.29, 0.717) is 12.8 Å². The minimum atomic E-state index is -0.663. The Bertz CT molecular complexity index is 298. The number of aliphatic hydroxyl groups excluding tert-OH is 1. The van der Waals surface area contributed by atoms with Crippen LogP contribution in [0.4, 0.5) is 0 Å². The van der Waals surface area contributed by atoms with Crippen molar-refractivity contribution in [2.45, 2.75) is 18.9 Å². The highest BCUT2D eigenvalue weighted by Gasteiger charge is 2.36. The number of ether oxygens (including phenoxy) is 2. The van der Waals surface area contributed by atoms with Gasteiger partial charge in [-0.25, -0.2) is 14.7 Å². The Hall–Kier alpha value is -1.40. The molecule has 0 spiro atoms. The lowest BCUT2D eigenvalue weighted by Crippen LogP contribution is -2.36. The maximum Gasteiger partial charge on any atom is 0.333 e. The molecule has 1 atom stereocenters. The maximum atomic E-state index is 11.5. The van der Waals surface area contributed by atoms with Crippen LogP contribution in [0.25, 0.3) is 0 Å². The first-order chi connectivity index (χ1) is 7.74. The lowest BCUT2D eigenvalue weighted by molar-refractivity contribution is -0.184. The largest absolute Gasteiger partial charge is 0.437 e. The highest BCUT2D eigenvalue weighted by Crippen LogP contribution is 2.26. The average molecular weight is 231 g/mol. The number of nitrogens with zero attached hydrogens (tertiary/aromatic N) is 1. The van der Waals surface area contributed by atoms with Crippen molar-refractivity contribution in [3.8, 4) is 0 Å². The highest BCUT2D eigenvalue weighted by atomic mass is 16.7. The van der Waals surface area contributed by atoms with Gasteiger partial charge in [0.05, 0.1) is 7.11 Å². The zero-order chi connectivity index (χ0) is 12.0. The molecule has 1 saturated heterocycles. The van der Waals surface area contributed by atoms with Gasteiger partial charge in [0.2, 0.25) is 0 Å². The van der Waals surface area contributed by atoms with Crippen LogP contribution in [-0.4, -0.2) is 48.8 Å². The lowest BCUT2D eigenvalue weighted by atomic mass is 10.2. The summed E-state index contributed by atoms with van der Waals surface area (Å²) in [7, 11) is 1.35. The van der Waals surface area contributed by atoms with Gasteiger partial charge in [-0.2, -0.15) is 0 Å². The SMILES string of the molecule is CON1C(=C=O)CCC1C(=O)OCOCO. The van der Waals surface area contributed by atoms with E-state index < -0.39 is 18.8 Å². The molecule has 1 unspecified atom stereocenters. The van der Waals surface area contributed by atoms with Gasteiger partial charge in [-0.05, 0) is 6.42 Å². The van der Waals surface area contributed by atoms with Gasteiger partial charge < -0.3 is 14.6 Å². The Morgan fingerprint density at radius 2 is 2.44 bits per heavy atom. The summed E-state index contributed by atoms with van der Waals surface area (Å²) >= 11 is 0. The molecule has 1 aliphatic heterocycles. The van der Waals surface area contributed by atoms with Crippen LogP contribution in [0.5, 0.6) is 0 Å². The predicted octanol–water partition coefficient (Wildman–Crippen LogP) is -0.805. The van der Waals surface area contributed by atoms with E-state index in [9.17, 15) is 9.59 Å². The van der Waals surface area contributed by atoms with Crippen molar-refractivity contribution in [3.63, 3.8) is 0 Å². The normalized spacial score (nSPS) is 19.8. The quantitative estimate of drug-likeness (QED) is 0.287. The van der Waals surface area contributed by atoms with Crippen molar-refractivity contribution in [3.05, 3.63) is 5.70 Å². The van der Waals surface area contributed by atoms with Gasteiger partial charge in [-0.1, -0.05) is 0 Å². The maximum absolute atomic E-state index is 11.5. The molecule has 90 valence electrons. The van der Waals surface area contributed by atoms with Crippen LogP contribution in [0.3, 0.4) is 0 Å². The molecule has 1 fully saturated rings. The first-order valence-corrected chi connectivity index (χ1v) is 4.67. The second-order valence-electron chi connectivity index (χ2n) is 3.03. The third-order valence-electron chi connectivity index (χ3n) is 2.17. The Balaban J connectivity index is 2.53. The highest BCUT2D eigenvalue weighted by molar-refractivity contribution is 5.77. The van der Waals surface area contributed by atoms with Crippen LogP contribution in [0, 0.1) is 0 Å². The van der Waals surface area contributed by atoms with E-state index in [2.05, 4.69) is 4.74 Å². The zero-order valence-corrected chi connectivity index (χ0v) is 8.84. The molecule has 1 rings (SSSR count). The molecule has 0 radical (unpaired) electrons. The van der Waals surface area contributed by atoms with Crippen molar-refractivity contribution in [1.29, 1.82) is 0 Å². The van der Waals surface area contributed by atoms with Crippen LogP contribution >= 0.6 is 0 Å². The number of aliphatic hydroxyl groups is 1. The third kappa shape index (κ3) is 2.80. The summed E-state index contributed by atoms with van der Waals surface area (Å²) in [6, 6.07) is -0.663. The number of hydroxylamine groups is 2. The fourth-order valence-corrected chi connectivity index (χ4v) is 1.47. The Morgan fingerprint density at radius 1 is 1.69 bits per heavy atom. The van der Waals surface area contributed by atoms with Crippen LogP contribution in [-0.2, 0) is 23.9 Å². The van der Waals surface area contributed by atoms with Gasteiger partial charge in [0.25, 0.3) is 0 Å². The number of hydrogen-bond acceptors (Lipinski definition) is 7. The van der Waals surface area contributed by atoms with Crippen molar-refractivity contribution in [1.82, 2.24) is 5.06 Å². The fraction of sp³-hybridized carbons (Fsp3) is 0.667. The summed E-state index contributed by atoms with van der Waals surface area (Å²) in [5, 5.41) is 9.49. The van der Waals surface area contributed by atoms with Crippen molar-refractivity contribution in [2.75, 3.05) is 20.7 Å². The van der Waals surface area contributed by atoms with Gasteiger partial charge in [-0.15, -0.1) is 0 Å². The lowest BCUT2D eigenvalue weighted by Gasteiger charge is -2.21. The number of allylic oxidation sites excluding steroid dienone is 1. The Kier molecular flexibility index (Phi) is 4.94. The molecule has 0 aromatic heterocycles. The Morgan fingerprint density at radius 3 is 3.00 bits per heavy atom. The number of rotatable bonds is 5. The molecule has 16 heavy (non-hydrogen) atoms. The standard InChI is InChI=1S/C9H13NO6/c1-14-10-7(4-11)2-3-8(10)9(13)16-6-15-5-12/h8,12H,2-3,5-6H2,1H3. The second-order valence-corrected chi connectivity index (χ2v) is 3.03. The summed E-state index contributed by atoms with van der Waals surface area (Å²) in [5.41, 5.74) is 0.285. The van der Waals surface area contributed by atoms with E-state index in [1.54, 1.807) is 5.94 Å². The average Bonchev–Trinajstić information content (AvgIpc) is 2.71. The number of esters is 1. The molecule has 7 nitrogen and oxygen atoms in total. The molecule has 0 amide bonds. The topological polar surface area (TPSA) is 85.3 Å². The summed E-state index contributed by atoms with van der Waals surface area (Å²) < 4.78 is 9.16. The second kappa shape index (κ2) is 6.24. The Labute approximate surface area is 92.1 Å². The first kappa shape index (κ1) is 12.7. The van der Waals surface area contributed by atoms with Gasteiger partial charge >= 0.3 is 5.97 Å². The van der Waals surface area contributed by atoms with Gasteiger partial charge in [0.15, 0.2) is 12.8 Å². The van der Waals surface area contributed by atoms with Crippen LogP contribution in [0.2, 0.25) is 0 Å². The molecule has 0 bridgehead atoms. The predicted molar refractivity (Wildman–Crippen MR) is 50.2 cm³/mol.